The highest BCUT2D eigenvalue weighted by atomic mass is 127. The second-order valence-electron chi connectivity index (χ2n) is 5.83. The monoisotopic (exact) mass is 353 g/mol. The number of hydrogen-bond acceptors (Lipinski definition) is 1. The maximum atomic E-state index is 5.84. The van der Waals surface area contributed by atoms with Crippen molar-refractivity contribution in [2.75, 3.05) is 13.1 Å². The zero-order valence-electron chi connectivity index (χ0n) is 11.5. The summed E-state index contributed by atoms with van der Waals surface area (Å²) in [6.45, 7) is 8.57. The molecule has 1 aliphatic carbocycles. The Morgan fingerprint density at radius 2 is 1.94 bits per heavy atom. The van der Waals surface area contributed by atoms with Crippen molar-refractivity contribution in [2.24, 2.45) is 22.1 Å². The van der Waals surface area contributed by atoms with E-state index in [2.05, 4.69) is 31.1 Å². The van der Waals surface area contributed by atoms with Crippen LogP contribution in [0.2, 0.25) is 0 Å². The van der Waals surface area contributed by atoms with Gasteiger partial charge in [0, 0.05) is 13.1 Å². The molecule has 0 amide bonds. The van der Waals surface area contributed by atoms with E-state index in [4.69, 9.17) is 5.73 Å². The molecule has 0 aromatic carbocycles. The normalized spacial score (nSPS) is 19.2. The summed E-state index contributed by atoms with van der Waals surface area (Å²) in [4.78, 5) is 4.46. The molecule has 0 atom stereocenters. The molecule has 1 rings (SSSR count). The highest BCUT2D eigenvalue weighted by Gasteiger charge is 2.28. The van der Waals surface area contributed by atoms with E-state index in [-0.39, 0.29) is 24.0 Å². The molecular formula is C13H28IN3. The summed E-state index contributed by atoms with van der Waals surface area (Å²) in [5.74, 6) is 1.33. The molecule has 0 aromatic heterocycles. The SMILES string of the molecule is CC(C)CCNC(N)=NCC1(C)CCCC1.I. The fraction of sp³-hybridized carbons (Fsp3) is 0.923. The largest absolute Gasteiger partial charge is 0.370 e. The number of nitrogens with one attached hydrogen (secondary N) is 1. The first-order valence-corrected chi connectivity index (χ1v) is 6.56. The van der Waals surface area contributed by atoms with E-state index in [0.29, 0.717) is 17.3 Å². The van der Waals surface area contributed by atoms with E-state index in [1.54, 1.807) is 0 Å². The van der Waals surface area contributed by atoms with Gasteiger partial charge in [0.15, 0.2) is 5.96 Å². The molecule has 0 saturated heterocycles. The molecule has 0 unspecified atom stereocenters. The third-order valence-electron chi connectivity index (χ3n) is 3.47. The Balaban J connectivity index is 0.00000256. The van der Waals surface area contributed by atoms with Crippen molar-refractivity contribution in [3.05, 3.63) is 0 Å². The van der Waals surface area contributed by atoms with Crippen LogP contribution in [0.15, 0.2) is 4.99 Å². The van der Waals surface area contributed by atoms with Gasteiger partial charge in [-0.2, -0.15) is 0 Å². The van der Waals surface area contributed by atoms with Gasteiger partial charge in [0.05, 0.1) is 0 Å². The van der Waals surface area contributed by atoms with Crippen molar-refractivity contribution in [1.29, 1.82) is 0 Å². The molecule has 1 aliphatic rings. The van der Waals surface area contributed by atoms with Crippen molar-refractivity contribution in [3.8, 4) is 0 Å². The van der Waals surface area contributed by atoms with Crippen LogP contribution in [0, 0.1) is 11.3 Å². The molecule has 4 heteroatoms. The maximum Gasteiger partial charge on any atom is 0.188 e. The van der Waals surface area contributed by atoms with Gasteiger partial charge >= 0.3 is 0 Å². The number of hydrogen-bond donors (Lipinski definition) is 2. The summed E-state index contributed by atoms with van der Waals surface area (Å²) in [7, 11) is 0. The zero-order chi connectivity index (χ0) is 12.0. The van der Waals surface area contributed by atoms with Crippen molar-refractivity contribution < 1.29 is 0 Å². The van der Waals surface area contributed by atoms with Gasteiger partial charge in [-0.25, -0.2) is 0 Å². The Labute approximate surface area is 123 Å². The van der Waals surface area contributed by atoms with Crippen molar-refractivity contribution in [3.63, 3.8) is 0 Å². The molecule has 0 bridgehead atoms. The van der Waals surface area contributed by atoms with E-state index >= 15 is 0 Å². The molecule has 1 saturated carbocycles. The average Bonchev–Trinajstić information content (AvgIpc) is 2.62. The summed E-state index contributed by atoms with van der Waals surface area (Å²) in [5, 5.41) is 3.18. The van der Waals surface area contributed by atoms with Gasteiger partial charge in [-0.15, -0.1) is 24.0 Å². The second-order valence-corrected chi connectivity index (χ2v) is 5.83. The van der Waals surface area contributed by atoms with Crippen molar-refractivity contribution in [2.45, 2.75) is 52.9 Å². The van der Waals surface area contributed by atoms with Crippen LogP contribution in [0.1, 0.15) is 52.9 Å². The molecule has 3 N–H and O–H groups in total. The van der Waals surface area contributed by atoms with Gasteiger partial charge in [0.2, 0.25) is 0 Å². The van der Waals surface area contributed by atoms with Crippen molar-refractivity contribution in [1.82, 2.24) is 5.32 Å². The van der Waals surface area contributed by atoms with Gasteiger partial charge in [-0.1, -0.05) is 33.6 Å². The van der Waals surface area contributed by atoms with E-state index in [1.165, 1.54) is 25.7 Å². The van der Waals surface area contributed by atoms with Crippen LogP contribution in [0.5, 0.6) is 0 Å². The maximum absolute atomic E-state index is 5.84. The number of halogens is 1. The summed E-state index contributed by atoms with van der Waals surface area (Å²) < 4.78 is 0. The van der Waals surface area contributed by atoms with E-state index in [9.17, 15) is 0 Å². The highest BCUT2D eigenvalue weighted by molar-refractivity contribution is 14.0. The number of nitrogens with two attached hydrogens (primary N) is 1. The first-order valence-electron chi connectivity index (χ1n) is 6.56. The molecule has 17 heavy (non-hydrogen) atoms. The fourth-order valence-electron chi connectivity index (χ4n) is 2.21. The quantitative estimate of drug-likeness (QED) is 0.453. The third-order valence-corrected chi connectivity index (χ3v) is 3.47. The fourth-order valence-corrected chi connectivity index (χ4v) is 2.21. The summed E-state index contributed by atoms with van der Waals surface area (Å²) in [5.41, 5.74) is 6.24. The molecule has 1 fully saturated rings. The van der Waals surface area contributed by atoms with Crippen LogP contribution in [0.4, 0.5) is 0 Å². The smallest absolute Gasteiger partial charge is 0.188 e. The summed E-state index contributed by atoms with van der Waals surface area (Å²) >= 11 is 0. The zero-order valence-corrected chi connectivity index (χ0v) is 13.8. The summed E-state index contributed by atoms with van der Waals surface area (Å²) in [6.07, 6.45) is 6.46. The van der Waals surface area contributed by atoms with E-state index in [1.807, 2.05) is 0 Å². The molecule has 0 aliphatic heterocycles. The lowest BCUT2D eigenvalue weighted by Gasteiger charge is -2.20. The van der Waals surface area contributed by atoms with Crippen LogP contribution in [-0.4, -0.2) is 19.0 Å². The van der Waals surface area contributed by atoms with Crippen LogP contribution in [0.25, 0.3) is 0 Å². The predicted octanol–water partition coefficient (Wildman–Crippen LogP) is 3.14. The molecule has 0 aromatic rings. The average molecular weight is 353 g/mol. The molecule has 0 radical (unpaired) electrons. The Morgan fingerprint density at radius 1 is 1.35 bits per heavy atom. The minimum atomic E-state index is 0. The predicted molar refractivity (Wildman–Crippen MR) is 85.9 cm³/mol. The summed E-state index contributed by atoms with van der Waals surface area (Å²) in [6, 6.07) is 0. The van der Waals surface area contributed by atoms with Gasteiger partial charge in [0.1, 0.15) is 0 Å². The number of guanidine groups is 1. The molecule has 3 nitrogen and oxygen atoms in total. The Bertz CT molecular complexity index is 233. The lowest BCUT2D eigenvalue weighted by Crippen LogP contribution is -2.34. The Hall–Kier alpha value is 0. The van der Waals surface area contributed by atoms with Crippen LogP contribution in [-0.2, 0) is 0 Å². The molecule has 0 heterocycles. The highest BCUT2D eigenvalue weighted by Crippen LogP contribution is 2.37. The van der Waals surface area contributed by atoms with Crippen LogP contribution >= 0.6 is 24.0 Å². The lowest BCUT2D eigenvalue weighted by atomic mass is 9.89. The first-order chi connectivity index (χ1) is 7.52. The standard InChI is InChI=1S/C13H27N3.HI/c1-11(2)6-9-15-12(14)16-10-13(3)7-4-5-8-13;/h11H,4-10H2,1-3H3,(H3,14,15,16);1H. The van der Waals surface area contributed by atoms with Crippen molar-refractivity contribution >= 4 is 29.9 Å². The van der Waals surface area contributed by atoms with Crippen LogP contribution in [0.3, 0.4) is 0 Å². The van der Waals surface area contributed by atoms with E-state index in [0.717, 1.165) is 19.5 Å². The topological polar surface area (TPSA) is 50.4 Å². The Kier molecular flexibility index (Phi) is 8.16. The lowest BCUT2D eigenvalue weighted by molar-refractivity contribution is 0.351. The van der Waals surface area contributed by atoms with Gasteiger partial charge in [0.25, 0.3) is 0 Å². The van der Waals surface area contributed by atoms with Crippen LogP contribution < -0.4 is 11.1 Å². The van der Waals surface area contributed by atoms with E-state index < -0.39 is 0 Å². The molecule has 102 valence electrons. The minimum Gasteiger partial charge on any atom is -0.370 e. The third kappa shape index (κ3) is 7.11. The number of rotatable bonds is 5. The Morgan fingerprint density at radius 3 is 2.47 bits per heavy atom. The molecule has 0 spiro atoms. The first kappa shape index (κ1) is 17.0. The second kappa shape index (κ2) is 8.16. The molecular weight excluding hydrogens is 325 g/mol. The van der Waals surface area contributed by atoms with Gasteiger partial charge < -0.3 is 11.1 Å². The number of nitrogens with zero attached hydrogens (tertiary/aromatic N) is 1. The minimum absolute atomic E-state index is 0. The van der Waals surface area contributed by atoms with Gasteiger partial charge in [-0.3, -0.25) is 4.99 Å². The number of aliphatic imine (C=N–C) groups is 1. The van der Waals surface area contributed by atoms with Gasteiger partial charge in [-0.05, 0) is 30.6 Å².